The number of benzene rings is 1. The van der Waals surface area contributed by atoms with Crippen LogP contribution in [-0.4, -0.2) is 23.3 Å². The van der Waals surface area contributed by atoms with Gasteiger partial charge in [-0.05, 0) is 25.0 Å². The number of aromatic amines is 1. The van der Waals surface area contributed by atoms with Gasteiger partial charge in [-0.25, -0.2) is 0 Å². The van der Waals surface area contributed by atoms with Crippen molar-refractivity contribution < 1.29 is 0 Å². The molecule has 1 heterocycles. The van der Waals surface area contributed by atoms with Crippen molar-refractivity contribution in [1.82, 2.24) is 10.3 Å². The van der Waals surface area contributed by atoms with Crippen LogP contribution >= 0.6 is 11.8 Å². The molecule has 0 amide bonds. The molecule has 98 valence electrons. The summed E-state index contributed by atoms with van der Waals surface area (Å²) in [5.74, 6) is 1.11. The molecule has 0 bridgehead atoms. The van der Waals surface area contributed by atoms with Gasteiger partial charge >= 0.3 is 0 Å². The molecular formula is C15H22N2S. The van der Waals surface area contributed by atoms with Crippen molar-refractivity contribution in [2.45, 2.75) is 37.8 Å². The topological polar surface area (TPSA) is 27.8 Å². The highest BCUT2D eigenvalue weighted by molar-refractivity contribution is 7.99. The number of fused-ring (bicyclic) bond motifs is 1. The summed E-state index contributed by atoms with van der Waals surface area (Å²) in [4.78, 5) is 3.45. The average molecular weight is 262 g/mol. The molecule has 0 saturated heterocycles. The lowest BCUT2D eigenvalue weighted by Gasteiger charge is -2.13. The molecule has 0 spiro atoms. The van der Waals surface area contributed by atoms with Crippen molar-refractivity contribution in [3.8, 4) is 0 Å². The Hall–Kier alpha value is -0.930. The minimum absolute atomic E-state index is 0.674. The van der Waals surface area contributed by atoms with Crippen LogP contribution in [0, 0.1) is 0 Å². The Morgan fingerprint density at radius 3 is 2.72 bits per heavy atom. The minimum Gasteiger partial charge on any atom is -0.350 e. The van der Waals surface area contributed by atoms with Crippen LogP contribution in [0.5, 0.6) is 0 Å². The summed E-state index contributed by atoms with van der Waals surface area (Å²) in [7, 11) is 0. The van der Waals surface area contributed by atoms with Crippen molar-refractivity contribution in [3.05, 3.63) is 30.3 Å². The first-order valence-electron chi connectivity index (χ1n) is 6.77. The number of H-pyrrole nitrogens is 1. The fourth-order valence-corrected chi connectivity index (χ4v) is 2.96. The zero-order valence-corrected chi connectivity index (χ0v) is 12.0. The van der Waals surface area contributed by atoms with Crippen LogP contribution in [0.15, 0.2) is 35.4 Å². The van der Waals surface area contributed by atoms with Crippen LogP contribution in [0.3, 0.4) is 0 Å². The maximum Gasteiger partial charge on any atom is 0.0732 e. The summed E-state index contributed by atoms with van der Waals surface area (Å²) in [6, 6.07) is 11.3. The molecule has 3 heteroatoms. The first-order chi connectivity index (χ1) is 8.83. The Balaban J connectivity index is 1.80. The number of para-hydroxylation sites is 1. The molecule has 18 heavy (non-hydrogen) atoms. The van der Waals surface area contributed by atoms with E-state index in [0.29, 0.717) is 6.04 Å². The van der Waals surface area contributed by atoms with Gasteiger partial charge in [-0.15, -0.1) is 11.8 Å². The fourth-order valence-electron chi connectivity index (χ4n) is 2.13. The maximum absolute atomic E-state index is 3.59. The van der Waals surface area contributed by atoms with Crippen LogP contribution in [0.2, 0.25) is 0 Å². The lowest BCUT2D eigenvalue weighted by Crippen LogP contribution is -2.29. The van der Waals surface area contributed by atoms with Gasteiger partial charge in [0.25, 0.3) is 0 Å². The SMILES string of the molecule is CCC(CC)NCCSc1cc2ccccc2[nH]1. The Kier molecular flexibility index (Phi) is 5.14. The predicted molar refractivity (Wildman–Crippen MR) is 81.4 cm³/mol. The smallest absolute Gasteiger partial charge is 0.0732 e. The van der Waals surface area contributed by atoms with Gasteiger partial charge in [0.05, 0.1) is 5.03 Å². The van der Waals surface area contributed by atoms with E-state index in [0.717, 1.165) is 12.3 Å². The first kappa shape index (κ1) is 13.5. The van der Waals surface area contributed by atoms with Gasteiger partial charge in [-0.2, -0.15) is 0 Å². The van der Waals surface area contributed by atoms with E-state index in [4.69, 9.17) is 0 Å². The third-order valence-corrected chi connectivity index (χ3v) is 4.22. The molecule has 0 aliphatic rings. The van der Waals surface area contributed by atoms with E-state index in [1.54, 1.807) is 0 Å². The quantitative estimate of drug-likeness (QED) is 0.582. The van der Waals surface area contributed by atoms with Crippen molar-refractivity contribution in [2.75, 3.05) is 12.3 Å². The molecule has 2 nitrogen and oxygen atoms in total. The van der Waals surface area contributed by atoms with Gasteiger partial charge in [0, 0.05) is 29.2 Å². The highest BCUT2D eigenvalue weighted by Crippen LogP contribution is 2.22. The van der Waals surface area contributed by atoms with E-state index in [-0.39, 0.29) is 0 Å². The number of nitrogens with one attached hydrogen (secondary N) is 2. The molecule has 1 aromatic carbocycles. The molecule has 2 aromatic rings. The zero-order valence-electron chi connectivity index (χ0n) is 11.2. The van der Waals surface area contributed by atoms with Gasteiger partial charge in [0.15, 0.2) is 0 Å². The van der Waals surface area contributed by atoms with Crippen LogP contribution in [0.25, 0.3) is 10.9 Å². The number of hydrogen-bond acceptors (Lipinski definition) is 2. The Morgan fingerprint density at radius 2 is 2.00 bits per heavy atom. The zero-order chi connectivity index (χ0) is 12.8. The Labute approximate surface area is 114 Å². The predicted octanol–water partition coefficient (Wildman–Crippen LogP) is 4.04. The first-order valence-corrected chi connectivity index (χ1v) is 7.76. The van der Waals surface area contributed by atoms with Gasteiger partial charge in [-0.3, -0.25) is 0 Å². The second kappa shape index (κ2) is 6.86. The second-order valence-electron chi connectivity index (χ2n) is 4.54. The highest BCUT2D eigenvalue weighted by Gasteiger charge is 2.03. The molecule has 0 atom stereocenters. The van der Waals surface area contributed by atoms with E-state index < -0.39 is 0 Å². The molecule has 0 radical (unpaired) electrons. The van der Waals surface area contributed by atoms with E-state index in [2.05, 4.69) is 54.5 Å². The van der Waals surface area contributed by atoms with Gasteiger partial charge < -0.3 is 10.3 Å². The van der Waals surface area contributed by atoms with E-state index >= 15 is 0 Å². The number of hydrogen-bond donors (Lipinski definition) is 2. The average Bonchev–Trinajstić information content (AvgIpc) is 2.81. The van der Waals surface area contributed by atoms with E-state index in [9.17, 15) is 0 Å². The molecule has 0 aliphatic carbocycles. The summed E-state index contributed by atoms with van der Waals surface area (Å²) in [6.07, 6.45) is 2.43. The standard InChI is InChI=1S/C15H22N2S/c1-3-13(4-2)16-9-10-18-15-11-12-7-5-6-8-14(12)17-15/h5-8,11,13,16-17H,3-4,9-10H2,1-2H3. The third-order valence-electron chi connectivity index (χ3n) is 3.28. The molecule has 2 rings (SSSR count). The monoisotopic (exact) mass is 262 g/mol. The number of rotatable bonds is 7. The highest BCUT2D eigenvalue weighted by atomic mass is 32.2. The number of thioether (sulfide) groups is 1. The molecular weight excluding hydrogens is 240 g/mol. The van der Waals surface area contributed by atoms with Gasteiger partial charge in [-0.1, -0.05) is 32.0 Å². The molecule has 1 aromatic heterocycles. The lowest BCUT2D eigenvalue weighted by atomic mass is 10.2. The van der Waals surface area contributed by atoms with Crippen molar-refractivity contribution in [2.24, 2.45) is 0 Å². The summed E-state index contributed by atoms with van der Waals surface area (Å²) < 4.78 is 0. The van der Waals surface area contributed by atoms with Crippen LogP contribution in [-0.2, 0) is 0 Å². The van der Waals surface area contributed by atoms with Crippen LogP contribution in [0.1, 0.15) is 26.7 Å². The van der Waals surface area contributed by atoms with E-state index in [1.165, 1.54) is 28.8 Å². The van der Waals surface area contributed by atoms with Crippen molar-refractivity contribution in [1.29, 1.82) is 0 Å². The minimum atomic E-state index is 0.674. The largest absolute Gasteiger partial charge is 0.350 e. The number of aromatic nitrogens is 1. The molecule has 0 aliphatic heterocycles. The third kappa shape index (κ3) is 3.53. The maximum atomic E-state index is 3.59. The fraction of sp³-hybridized carbons (Fsp3) is 0.467. The van der Waals surface area contributed by atoms with Crippen molar-refractivity contribution >= 4 is 22.7 Å². The molecule has 0 fully saturated rings. The molecule has 0 unspecified atom stereocenters. The second-order valence-corrected chi connectivity index (χ2v) is 5.67. The van der Waals surface area contributed by atoms with Gasteiger partial charge in [0.1, 0.15) is 0 Å². The van der Waals surface area contributed by atoms with Crippen molar-refractivity contribution in [3.63, 3.8) is 0 Å². The summed E-state index contributed by atoms with van der Waals surface area (Å²) in [5, 5.41) is 6.15. The van der Waals surface area contributed by atoms with E-state index in [1.807, 2.05) is 11.8 Å². The normalized spacial score (nSPS) is 11.5. The lowest BCUT2D eigenvalue weighted by molar-refractivity contribution is 0.501. The summed E-state index contributed by atoms with van der Waals surface area (Å²) in [6.45, 7) is 5.56. The van der Waals surface area contributed by atoms with Crippen LogP contribution < -0.4 is 5.32 Å². The summed E-state index contributed by atoms with van der Waals surface area (Å²) >= 11 is 1.89. The van der Waals surface area contributed by atoms with Gasteiger partial charge in [0.2, 0.25) is 0 Å². The Bertz CT molecular complexity index is 441. The van der Waals surface area contributed by atoms with Crippen LogP contribution in [0.4, 0.5) is 0 Å². The molecule has 0 saturated carbocycles. The molecule has 2 N–H and O–H groups in total. The Morgan fingerprint density at radius 1 is 1.22 bits per heavy atom. The summed E-state index contributed by atoms with van der Waals surface area (Å²) in [5.41, 5.74) is 1.23.